The molecule has 24 heavy (non-hydrogen) atoms. The molecule has 0 bridgehead atoms. The number of hydrogen-bond acceptors (Lipinski definition) is 4. The van der Waals surface area contributed by atoms with Crippen LogP contribution in [0.25, 0.3) is 0 Å². The van der Waals surface area contributed by atoms with Gasteiger partial charge >= 0.3 is 0 Å². The molecule has 0 amide bonds. The molecule has 2 aromatic rings. The molecule has 1 unspecified atom stereocenters. The van der Waals surface area contributed by atoms with Crippen molar-refractivity contribution in [1.29, 1.82) is 0 Å². The molecule has 1 fully saturated rings. The van der Waals surface area contributed by atoms with Crippen molar-refractivity contribution in [2.24, 2.45) is 0 Å². The molecule has 2 aliphatic rings. The minimum atomic E-state index is -0.0735. The van der Waals surface area contributed by atoms with Gasteiger partial charge in [0.15, 0.2) is 0 Å². The van der Waals surface area contributed by atoms with Crippen molar-refractivity contribution in [2.45, 2.75) is 51.6 Å². The zero-order chi connectivity index (χ0) is 16.5. The van der Waals surface area contributed by atoms with E-state index in [1.54, 1.807) is 6.07 Å². The van der Waals surface area contributed by atoms with Crippen LogP contribution < -0.4 is 5.56 Å². The first-order chi connectivity index (χ1) is 11.7. The van der Waals surface area contributed by atoms with E-state index in [1.807, 2.05) is 13.0 Å². The summed E-state index contributed by atoms with van der Waals surface area (Å²) >= 11 is 0. The van der Waals surface area contributed by atoms with Crippen LogP contribution in [0.2, 0.25) is 0 Å². The van der Waals surface area contributed by atoms with Crippen molar-refractivity contribution >= 4 is 0 Å². The fourth-order valence-electron chi connectivity index (χ4n) is 4.11. The Labute approximate surface area is 142 Å². The third kappa shape index (κ3) is 3.13. The van der Waals surface area contributed by atoms with Gasteiger partial charge in [0, 0.05) is 49.4 Å². The second-order valence-corrected chi connectivity index (χ2v) is 7.04. The van der Waals surface area contributed by atoms with Gasteiger partial charge in [0.05, 0.1) is 5.69 Å². The first-order valence-electron chi connectivity index (χ1n) is 8.94. The SMILES string of the molecule is Cc1cccc(CN2CCCC(c3cc(=O)nc4n3CCC4)C2)n1. The Kier molecular flexibility index (Phi) is 4.19. The second kappa shape index (κ2) is 6.48. The standard InChI is InChI=1S/C19H24N4O/c1-14-5-2-7-16(20-14)13-22-9-3-6-15(12-22)17-11-19(24)21-18-8-4-10-23(17)18/h2,5,7,11,15H,3-4,6,8-10,12-13H2,1H3. The zero-order valence-electron chi connectivity index (χ0n) is 14.2. The van der Waals surface area contributed by atoms with Crippen molar-refractivity contribution in [3.8, 4) is 0 Å². The number of aryl methyl sites for hydroxylation is 2. The highest BCUT2D eigenvalue weighted by atomic mass is 16.1. The van der Waals surface area contributed by atoms with Crippen molar-refractivity contribution in [1.82, 2.24) is 19.4 Å². The average molecular weight is 324 g/mol. The lowest BCUT2D eigenvalue weighted by Crippen LogP contribution is -2.36. The van der Waals surface area contributed by atoms with Gasteiger partial charge in [0.25, 0.3) is 5.56 Å². The minimum Gasteiger partial charge on any atom is -0.333 e. The van der Waals surface area contributed by atoms with Gasteiger partial charge in [-0.15, -0.1) is 0 Å². The number of piperidine rings is 1. The van der Waals surface area contributed by atoms with E-state index in [0.29, 0.717) is 5.92 Å². The van der Waals surface area contributed by atoms with E-state index in [4.69, 9.17) is 0 Å². The Morgan fingerprint density at radius 2 is 2.12 bits per heavy atom. The molecule has 0 radical (unpaired) electrons. The van der Waals surface area contributed by atoms with Crippen LogP contribution >= 0.6 is 0 Å². The molecule has 4 heterocycles. The molecule has 5 nitrogen and oxygen atoms in total. The Morgan fingerprint density at radius 3 is 3.00 bits per heavy atom. The molecule has 5 heteroatoms. The van der Waals surface area contributed by atoms with E-state index >= 15 is 0 Å². The number of aromatic nitrogens is 3. The van der Waals surface area contributed by atoms with Crippen LogP contribution in [0.15, 0.2) is 29.1 Å². The van der Waals surface area contributed by atoms with Gasteiger partial charge in [-0.3, -0.25) is 14.7 Å². The Bertz CT molecular complexity index is 798. The average Bonchev–Trinajstić information content (AvgIpc) is 3.02. The molecule has 2 aromatic heterocycles. The first-order valence-corrected chi connectivity index (χ1v) is 8.94. The number of rotatable bonds is 3. The van der Waals surface area contributed by atoms with Crippen LogP contribution in [0.3, 0.4) is 0 Å². The zero-order valence-corrected chi connectivity index (χ0v) is 14.2. The molecular weight excluding hydrogens is 300 g/mol. The predicted molar refractivity (Wildman–Crippen MR) is 93.0 cm³/mol. The summed E-state index contributed by atoms with van der Waals surface area (Å²) in [6.07, 6.45) is 4.36. The quantitative estimate of drug-likeness (QED) is 0.869. The highest BCUT2D eigenvalue weighted by Gasteiger charge is 2.26. The van der Waals surface area contributed by atoms with Crippen LogP contribution in [0.1, 0.15) is 48.1 Å². The van der Waals surface area contributed by atoms with Crippen LogP contribution in [-0.2, 0) is 19.5 Å². The van der Waals surface area contributed by atoms with Gasteiger partial charge in [-0.05, 0) is 44.9 Å². The van der Waals surface area contributed by atoms with E-state index in [0.717, 1.165) is 62.7 Å². The van der Waals surface area contributed by atoms with E-state index in [2.05, 4.69) is 31.6 Å². The summed E-state index contributed by atoms with van der Waals surface area (Å²) in [7, 11) is 0. The monoisotopic (exact) mass is 324 g/mol. The Hall–Kier alpha value is -2.01. The number of pyridine rings is 1. The first kappa shape index (κ1) is 15.5. The molecule has 1 saturated heterocycles. The smallest absolute Gasteiger partial charge is 0.273 e. The highest BCUT2D eigenvalue weighted by molar-refractivity contribution is 5.16. The third-order valence-corrected chi connectivity index (χ3v) is 5.17. The topological polar surface area (TPSA) is 51.0 Å². The van der Waals surface area contributed by atoms with Crippen LogP contribution in [0, 0.1) is 6.92 Å². The van der Waals surface area contributed by atoms with Gasteiger partial charge in [-0.1, -0.05) is 6.07 Å². The summed E-state index contributed by atoms with van der Waals surface area (Å²) < 4.78 is 2.29. The van der Waals surface area contributed by atoms with Crippen LogP contribution in [-0.4, -0.2) is 32.5 Å². The van der Waals surface area contributed by atoms with Crippen molar-refractivity contribution in [3.05, 3.63) is 57.5 Å². The third-order valence-electron chi connectivity index (χ3n) is 5.17. The number of hydrogen-bond donors (Lipinski definition) is 0. The van der Waals surface area contributed by atoms with Crippen LogP contribution in [0.5, 0.6) is 0 Å². The second-order valence-electron chi connectivity index (χ2n) is 7.04. The highest BCUT2D eigenvalue weighted by Crippen LogP contribution is 2.29. The lowest BCUT2D eigenvalue weighted by molar-refractivity contribution is 0.194. The van der Waals surface area contributed by atoms with Crippen molar-refractivity contribution in [3.63, 3.8) is 0 Å². The van der Waals surface area contributed by atoms with Crippen molar-refractivity contribution < 1.29 is 0 Å². The van der Waals surface area contributed by atoms with Gasteiger partial charge in [-0.2, -0.15) is 4.98 Å². The summed E-state index contributed by atoms with van der Waals surface area (Å²) in [4.78, 5) is 23.2. The maximum atomic E-state index is 12.0. The summed E-state index contributed by atoms with van der Waals surface area (Å²) in [5, 5.41) is 0. The molecule has 0 saturated carbocycles. The molecule has 1 atom stereocenters. The summed E-state index contributed by atoms with van der Waals surface area (Å²) in [6.45, 7) is 6.04. The Balaban J connectivity index is 1.54. The maximum absolute atomic E-state index is 12.0. The molecule has 4 rings (SSSR count). The lowest BCUT2D eigenvalue weighted by Gasteiger charge is -2.33. The minimum absolute atomic E-state index is 0.0735. The molecule has 0 N–H and O–H groups in total. The predicted octanol–water partition coefficient (Wildman–Crippen LogP) is 2.27. The fourth-order valence-corrected chi connectivity index (χ4v) is 4.11. The van der Waals surface area contributed by atoms with Gasteiger partial charge in [0.1, 0.15) is 5.82 Å². The molecule has 126 valence electrons. The largest absolute Gasteiger partial charge is 0.333 e. The van der Waals surface area contributed by atoms with Gasteiger partial charge < -0.3 is 4.57 Å². The Morgan fingerprint density at radius 1 is 1.21 bits per heavy atom. The van der Waals surface area contributed by atoms with Crippen molar-refractivity contribution in [2.75, 3.05) is 13.1 Å². The molecule has 0 spiro atoms. The summed E-state index contributed by atoms with van der Waals surface area (Å²) in [5.41, 5.74) is 3.33. The molecular formula is C19H24N4O. The molecule has 2 aliphatic heterocycles. The van der Waals surface area contributed by atoms with E-state index in [1.165, 1.54) is 12.1 Å². The van der Waals surface area contributed by atoms with Gasteiger partial charge in [-0.25, -0.2) is 0 Å². The normalized spacial score (nSPS) is 21.0. The molecule has 0 aromatic carbocycles. The molecule has 0 aliphatic carbocycles. The lowest BCUT2D eigenvalue weighted by atomic mass is 9.94. The van der Waals surface area contributed by atoms with Crippen LogP contribution in [0.4, 0.5) is 0 Å². The number of nitrogens with zero attached hydrogens (tertiary/aromatic N) is 4. The summed E-state index contributed by atoms with van der Waals surface area (Å²) in [6, 6.07) is 7.99. The van der Waals surface area contributed by atoms with Gasteiger partial charge in [0.2, 0.25) is 0 Å². The summed E-state index contributed by atoms with van der Waals surface area (Å²) in [5.74, 6) is 1.41. The maximum Gasteiger partial charge on any atom is 0.273 e. The van der Waals surface area contributed by atoms with E-state index in [9.17, 15) is 4.79 Å². The van der Waals surface area contributed by atoms with E-state index in [-0.39, 0.29) is 5.56 Å². The van der Waals surface area contributed by atoms with E-state index < -0.39 is 0 Å². The number of fused-ring (bicyclic) bond motifs is 1. The fraction of sp³-hybridized carbons (Fsp3) is 0.526. The number of likely N-dealkylation sites (tertiary alicyclic amines) is 1.